The van der Waals surface area contributed by atoms with Crippen LogP contribution in [0.3, 0.4) is 0 Å². The first-order chi connectivity index (χ1) is 7.59. The molecule has 2 heterocycles. The SMILES string of the molecule is CC1CC(=O)N(CC(O)c2ccsc2)C1=O. The second kappa shape index (κ2) is 4.35. The number of hydrogen-bond donors (Lipinski definition) is 1. The highest BCUT2D eigenvalue weighted by Crippen LogP contribution is 2.23. The lowest BCUT2D eigenvalue weighted by molar-refractivity contribution is -0.140. The first-order valence-corrected chi connectivity index (χ1v) is 6.08. The van der Waals surface area contributed by atoms with Gasteiger partial charge in [-0.05, 0) is 22.4 Å². The van der Waals surface area contributed by atoms with E-state index in [4.69, 9.17) is 0 Å². The Morgan fingerprint density at radius 3 is 2.88 bits per heavy atom. The molecule has 0 radical (unpaired) electrons. The van der Waals surface area contributed by atoms with E-state index in [0.29, 0.717) is 0 Å². The number of hydrogen-bond acceptors (Lipinski definition) is 4. The summed E-state index contributed by atoms with van der Waals surface area (Å²) in [4.78, 5) is 24.3. The van der Waals surface area contributed by atoms with E-state index in [-0.39, 0.29) is 30.7 Å². The minimum atomic E-state index is -0.774. The summed E-state index contributed by atoms with van der Waals surface area (Å²) in [6.07, 6.45) is -0.515. The van der Waals surface area contributed by atoms with Gasteiger partial charge in [-0.1, -0.05) is 6.92 Å². The third-order valence-electron chi connectivity index (χ3n) is 2.75. The number of thiophene rings is 1. The summed E-state index contributed by atoms with van der Waals surface area (Å²) in [6.45, 7) is 1.80. The Hall–Kier alpha value is -1.20. The van der Waals surface area contributed by atoms with Gasteiger partial charge in [0.1, 0.15) is 0 Å². The number of aliphatic hydroxyl groups excluding tert-OH is 1. The van der Waals surface area contributed by atoms with E-state index in [0.717, 1.165) is 10.5 Å². The largest absolute Gasteiger partial charge is 0.387 e. The second-order valence-corrected chi connectivity index (χ2v) is 4.80. The number of imide groups is 1. The predicted molar refractivity (Wildman–Crippen MR) is 59.8 cm³/mol. The molecular formula is C11H13NO3S. The Morgan fingerprint density at radius 1 is 1.62 bits per heavy atom. The van der Waals surface area contributed by atoms with Gasteiger partial charge in [0.2, 0.25) is 11.8 Å². The highest BCUT2D eigenvalue weighted by atomic mass is 32.1. The van der Waals surface area contributed by atoms with Gasteiger partial charge in [0.25, 0.3) is 0 Å². The molecule has 0 spiro atoms. The summed E-state index contributed by atoms with van der Waals surface area (Å²) in [5, 5.41) is 13.5. The van der Waals surface area contributed by atoms with Crippen LogP contribution < -0.4 is 0 Å². The van der Waals surface area contributed by atoms with Crippen LogP contribution in [0.4, 0.5) is 0 Å². The van der Waals surface area contributed by atoms with E-state index in [1.165, 1.54) is 11.3 Å². The number of likely N-dealkylation sites (tertiary alicyclic amines) is 1. The number of nitrogens with zero attached hydrogens (tertiary/aromatic N) is 1. The summed E-state index contributed by atoms with van der Waals surface area (Å²) in [6, 6.07) is 1.80. The lowest BCUT2D eigenvalue weighted by Crippen LogP contribution is -2.34. The molecule has 1 fully saturated rings. The molecular weight excluding hydrogens is 226 g/mol. The van der Waals surface area contributed by atoms with Crippen molar-refractivity contribution in [3.63, 3.8) is 0 Å². The number of β-amino-alcohol motifs (C(OH)–C–C–N with tert-alkyl or cyclic N) is 1. The van der Waals surface area contributed by atoms with Crippen LogP contribution in [0.25, 0.3) is 0 Å². The van der Waals surface area contributed by atoms with Gasteiger partial charge in [0.15, 0.2) is 0 Å². The molecule has 86 valence electrons. The van der Waals surface area contributed by atoms with Gasteiger partial charge >= 0.3 is 0 Å². The van der Waals surface area contributed by atoms with Crippen molar-refractivity contribution in [2.75, 3.05) is 6.54 Å². The molecule has 1 saturated heterocycles. The third-order valence-corrected chi connectivity index (χ3v) is 3.45. The molecule has 2 amide bonds. The van der Waals surface area contributed by atoms with Crippen LogP contribution >= 0.6 is 11.3 Å². The molecule has 1 aliphatic heterocycles. The minimum Gasteiger partial charge on any atom is -0.387 e. The highest BCUT2D eigenvalue weighted by molar-refractivity contribution is 7.07. The highest BCUT2D eigenvalue weighted by Gasteiger charge is 2.36. The molecule has 4 nitrogen and oxygen atoms in total. The monoisotopic (exact) mass is 239 g/mol. The van der Waals surface area contributed by atoms with Gasteiger partial charge in [-0.15, -0.1) is 0 Å². The van der Waals surface area contributed by atoms with E-state index in [2.05, 4.69) is 0 Å². The molecule has 1 N–H and O–H groups in total. The van der Waals surface area contributed by atoms with Crippen molar-refractivity contribution in [1.82, 2.24) is 4.90 Å². The zero-order valence-electron chi connectivity index (χ0n) is 8.92. The van der Waals surface area contributed by atoms with Crippen molar-refractivity contribution < 1.29 is 14.7 Å². The molecule has 2 rings (SSSR count). The number of amides is 2. The Morgan fingerprint density at radius 2 is 2.38 bits per heavy atom. The maximum absolute atomic E-state index is 11.6. The van der Waals surface area contributed by atoms with E-state index in [9.17, 15) is 14.7 Å². The Kier molecular flexibility index (Phi) is 3.07. The predicted octanol–water partition coefficient (Wildman–Crippen LogP) is 1.18. The molecule has 2 unspecified atom stereocenters. The minimum absolute atomic E-state index is 0.0682. The van der Waals surface area contributed by atoms with Crippen molar-refractivity contribution in [3.8, 4) is 0 Å². The average molecular weight is 239 g/mol. The standard InChI is InChI=1S/C11H13NO3S/c1-7-4-10(14)12(11(7)15)5-9(13)8-2-3-16-6-8/h2-3,6-7,9,13H,4-5H2,1H3. The first kappa shape index (κ1) is 11.3. The summed E-state index contributed by atoms with van der Waals surface area (Å²) in [5.74, 6) is -0.617. The van der Waals surface area contributed by atoms with Crippen molar-refractivity contribution in [2.45, 2.75) is 19.4 Å². The van der Waals surface area contributed by atoms with Crippen molar-refractivity contribution in [3.05, 3.63) is 22.4 Å². The fourth-order valence-corrected chi connectivity index (χ4v) is 2.49. The topological polar surface area (TPSA) is 57.6 Å². The maximum atomic E-state index is 11.6. The maximum Gasteiger partial charge on any atom is 0.232 e. The molecule has 2 atom stereocenters. The van der Waals surface area contributed by atoms with E-state index >= 15 is 0 Å². The molecule has 1 aromatic heterocycles. The number of carbonyl (C=O) groups excluding carboxylic acids is 2. The van der Waals surface area contributed by atoms with Crippen LogP contribution in [0.15, 0.2) is 16.8 Å². The fraction of sp³-hybridized carbons (Fsp3) is 0.455. The normalized spacial score (nSPS) is 22.9. The van der Waals surface area contributed by atoms with Gasteiger partial charge < -0.3 is 5.11 Å². The first-order valence-electron chi connectivity index (χ1n) is 5.14. The smallest absolute Gasteiger partial charge is 0.232 e. The van der Waals surface area contributed by atoms with Crippen LogP contribution in [0, 0.1) is 5.92 Å². The van der Waals surface area contributed by atoms with Crippen LogP contribution in [-0.4, -0.2) is 28.4 Å². The molecule has 0 aliphatic carbocycles. The summed E-state index contributed by atoms with van der Waals surface area (Å²) >= 11 is 1.48. The van der Waals surface area contributed by atoms with Crippen molar-refractivity contribution >= 4 is 23.2 Å². The molecule has 1 aliphatic rings. The molecule has 1 aromatic rings. The lowest BCUT2D eigenvalue weighted by Gasteiger charge is -2.18. The number of carbonyl (C=O) groups is 2. The fourth-order valence-electron chi connectivity index (χ4n) is 1.78. The molecule has 16 heavy (non-hydrogen) atoms. The van der Waals surface area contributed by atoms with E-state index in [1.807, 2.05) is 10.8 Å². The van der Waals surface area contributed by atoms with Crippen molar-refractivity contribution in [2.24, 2.45) is 5.92 Å². The van der Waals surface area contributed by atoms with Gasteiger partial charge in [-0.25, -0.2) is 0 Å². The summed E-state index contributed by atoms with van der Waals surface area (Å²) < 4.78 is 0. The molecule has 0 saturated carbocycles. The van der Waals surface area contributed by atoms with Gasteiger partial charge in [0.05, 0.1) is 12.6 Å². The van der Waals surface area contributed by atoms with E-state index in [1.54, 1.807) is 13.0 Å². The second-order valence-electron chi connectivity index (χ2n) is 4.02. The Bertz CT molecular complexity index is 401. The van der Waals surface area contributed by atoms with Crippen LogP contribution in [0.2, 0.25) is 0 Å². The average Bonchev–Trinajstić information content (AvgIpc) is 2.83. The molecule has 0 aromatic carbocycles. The lowest BCUT2D eigenvalue weighted by atomic mass is 10.1. The van der Waals surface area contributed by atoms with Gasteiger partial charge in [0, 0.05) is 12.3 Å². The quantitative estimate of drug-likeness (QED) is 0.806. The zero-order valence-corrected chi connectivity index (χ0v) is 9.74. The summed E-state index contributed by atoms with van der Waals surface area (Å²) in [7, 11) is 0. The summed E-state index contributed by atoms with van der Waals surface area (Å²) in [5.41, 5.74) is 0.755. The molecule has 0 bridgehead atoms. The van der Waals surface area contributed by atoms with Crippen LogP contribution in [-0.2, 0) is 9.59 Å². The van der Waals surface area contributed by atoms with E-state index < -0.39 is 6.10 Å². The van der Waals surface area contributed by atoms with Gasteiger partial charge in [-0.3, -0.25) is 14.5 Å². The van der Waals surface area contributed by atoms with Crippen LogP contribution in [0.5, 0.6) is 0 Å². The third kappa shape index (κ3) is 2.01. The number of aliphatic hydroxyl groups is 1. The Balaban J connectivity index is 2.05. The Labute approximate surface area is 97.5 Å². The van der Waals surface area contributed by atoms with Crippen LogP contribution in [0.1, 0.15) is 25.0 Å². The zero-order chi connectivity index (χ0) is 11.7. The van der Waals surface area contributed by atoms with Gasteiger partial charge in [-0.2, -0.15) is 11.3 Å². The number of rotatable bonds is 3. The van der Waals surface area contributed by atoms with Crippen molar-refractivity contribution in [1.29, 1.82) is 0 Å². The molecule has 5 heteroatoms.